The summed E-state index contributed by atoms with van der Waals surface area (Å²) in [6.07, 6.45) is 6.66. The number of hydrogen-bond donors (Lipinski definition) is 1. The molecule has 0 saturated heterocycles. The maximum atomic E-state index is 11.6. The van der Waals surface area contributed by atoms with Gasteiger partial charge < -0.3 is 9.73 Å². The lowest BCUT2D eigenvalue weighted by atomic mass is 10.1. The summed E-state index contributed by atoms with van der Waals surface area (Å²) in [4.78, 5) is 11.6. The van der Waals surface area contributed by atoms with Crippen molar-refractivity contribution in [2.75, 3.05) is 0 Å². The van der Waals surface area contributed by atoms with E-state index < -0.39 is 0 Å². The van der Waals surface area contributed by atoms with Crippen LogP contribution in [-0.4, -0.2) is 11.9 Å². The first-order valence-electron chi connectivity index (χ1n) is 6.18. The molecule has 2 unspecified atom stereocenters. The van der Waals surface area contributed by atoms with Crippen molar-refractivity contribution in [3.63, 3.8) is 0 Å². The Morgan fingerprint density at radius 1 is 1.47 bits per heavy atom. The van der Waals surface area contributed by atoms with Crippen molar-refractivity contribution >= 4 is 12.0 Å². The molecule has 0 bridgehead atoms. The molecule has 1 aliphatic rings. The molecular weight excluding hydrogens is 214 g/mol. The fourth-order valence-electron chi connectivity index (χ4n) is 2.29. The Hall–Kier alpha value is -1.51. The predicted molar refractivity (Wildman–Crippen MR) is 67.4 cm³/mol. The Bertz CT molecular complexity index is 420. The Kier molecular flexibility index (Phi) is 3.67. The first kappa shape index (κ1) is 12.0. The van der Waals surface area contributed by atoms with Crippen molar-refractivity contribution in [2.24, 2.45) is 5.92 Å². The van der Waals surface area contributed by atoms with Crippen LogP contribution in [0.2, 0.25) is 0 Å². The molecule has 1 heterocycles. The van der Waals surface area contributed by atoms with E-state index in [1.54, 1.807) is 12.2 Å². The van der Waals surface area contributed by atoms with Crippen molar-refractivity contribution in [3.05, 3.63) is 29.7 Å². The fourth-order valence-corrected chi connectivity index (χ4v) is 2.29. The van der Waals surface area contributed by atoms with E-state index in [-0.39, 0.29) is 5.91 Å². The number of carbonyl (C=O) groups excluding carboxylic acids is 1. The zero-order valence-electron chi connectivity index (χ0n) is 10.4. The van der Waals surface area contributed by atoms with E-state index in [4.69, 9.17) is 4.42 Å². The van der Waals surface area contributed by atoms with Crippen LogP contribution in [0, 0.1) is 12.8 Å². The molecule has 1 N–H and O–H groups in total. The van der Waals surface area contributed by atoms with E-state index in [9.17, 15) is 4.79 Å². The van der Waals surface area contributed by atoms with Crippen LogP contribution in [0.5, 0.6) is 0 Å². The van der Waals surface area contributed by atoms with Gasteiger partial charge in [0.2, 0.25) is 5.91 Å². The maximum absolute atomic E-state index is 11.6. The zero-order chi connectivity index (χ0) is 12.3. The van der Waals surface area contributed by atoms with Gasteiger partial charge in [-0.05, 0) is 50.3 Å². The number of rotatable bonds is 3. The summed E-state index contributed by atoms with van der Waals surface area (Å²) in [6.45, 7) is 4.12. The van der Waals surface area contributed by atoms with Crippen LogP contribution >= 0.6 is 0 Å². The minimum Gasteiger partial charge on any atom is -0.462 e. The molecule has 1 fully saturated rings. The third-order valence-corrected chi connectivity index (χ3v) is 3.20. The van der Waals surface area contributed by atoms with Gasteiger partial charge >= 0.3 is 0 Å². The molecule has 2 atom stereocenters. The highest BCUT2D eigenvalue weighted by Crippen LogP contribution is 2.24. The van der Waals surface area contributed by atoms with Gasteiger partial charge in [-0.15, -0.1) is 0 Å². The molecule has 0 aromatic carbocycles. The minimum atomic E-state index is -0.0295. The number of hydrogen-bond acceptors (Lipinski definition) is 2. The SMILES string of the molecule is Cc1ccc(/C=C/C(=O)NC2CCC(C)C2)o1. The first-order valence-corrected chi connectivity index (χ1v) is 6.18. The molecule has 3 nitrogen and oxygen atoms in total. The smallest absolute Gasteiger partial charge is 0.244 e. The molecule has 92 valence electrons. The normalized spacial score (nSPS) is 24.4. The average molecular weight is 233 g/mol. The third kappa shape index (κ3) is 3.48. The standard InChI is InChI=1S/C14H19NO2/c1-10-3-5-12(9-10)15-14(16)8-7-13-6-4-11(2)17-13/h4,6-8,10,12H,3,5,9H2,1-2H3,(H,15,16)/b8-7+. The molecule has 1 aromatic rings. The summed E-state index contributed by atoms with van der Waals surface area (Å²) in [5.41, 5.74) is 0. The number of nitrogens with one attached hydrogen (secondary N) is 1. The second kappa shape index (κ2) is 5.21. The van der Waals surface area contributed by atoms with Crippen LogP contribution in [0.1, 0.15) is 37.7 Å². The summed E-state index contributed by atoms with van der Waals surface area (Å²) in [7, 11) is 0. The third-order valence-electron chi connectivity index (χ3n) is 3.20. The highest BCUT2D eigenvalue weighted by atomic mass is 16.3. The molecule has 1 aliphatic carbocycles. The molecule has 2 rings (SSSR count). The van der Waals surface area contributed by atoms with Crippen LogP contribution < -0.4 is 5.32 Å². The summed E-state index contributed by atoms with van der Waals surface area (Å²) < 4.78 is 5.35. The molecule has 1 aromatic heterocycles. The van der Waals surface area contributed by atoms with E-state index in [1.807, 2.05) is 19.1 Å². The monoisotopic (exact) mass is 233 g/mol. The number of carbonyl (C=O) groups is 1. The minimum absolute atomic E-state index is 0.0295. The molecule has 3 heteroatoms. The van der Waals surface area contributed by atoms with E-state index in [0.717, 1.165) is 30.3 Å². The summed E-state index contributed by atoms with van der Waals surface area (Å²) >= 11 is 0. The second-order valence-corrected chi connectivity index (χ2v) is 4.91. The predicted octanol–water partition coefficient (Wildman–Crippen LogP) is 2.91. The van der Waals surface area contributed by atoms with E-state index in [1.165, 1.54) is 6.42 Å². The van der Waals surface area contributed by atoms with Crippen LogP contribution in [-0.2, 0) is 4.79 Å². The highest BCUT2D eigenvalue weighted by Gasteiger charge is 2.21. The lowest BCUT2D eigenvalue weighted by Gasteiger charge is -2.09. The maximum Gasteiger partial charge on any atom is 0.244 e. The molecule has 0 aliphatic heterocycles. The van der Waals surface area contributed by atoms with Gasteiger partial charge in [0.25, 0.3) is 0 Å². The Labute approximate surface area is 102 Å². The number of aryl methyl sites for hydroxylation is 1. The van der Waals surface area contributed by atoms with E-state index >= 15 is 0 Å². The lowest BCUT2D eigenvalue weighted by Crippen LogP contribution is -2.31. The zero-order valence-corrected chi connectivity index (χ0v) is 10.4. The average Bonchev–Trinajstić information content (AvgIpc) is 2.85. The van der Waals surface area contributed by atoms with Crippen molar-refractivity contribution in [1.82, 2.24) is 5.32 Å². The van der Waals surface area contributed by atoms with Gasteiger partial charge in [0.1, 0.15) is 11.5 Å². The summed E-state index contributed by atoms with van der Waals surface area (Å²) in [6, 6.07) is 4.09. The van der Waals surface area contributed by atoms with Crippen LogP contribution in [0.15, 0.2) is 22.6 Å². The van der Waals surface area contributed by atoms with Crippen molar-refractivity contribution in [2.45, 2.75) is 39.2 Å². The Morgan fingerprint density at radius 3 is 2.88 bits per heavy atom. The lowest BCUT2D eigenvalue weighted by molar-refractivity contribution is -0.117. The van der Waals surface area contributed by atoms with Gasteiger partial charge in [0, 0.05) is 12.1 Å². The van der Waals surface area contributed by atoms with Gasteiger partial charge in [-0.1, -0.05) is 6.92 Å². The largest absolute Gasteiger partial charge is 0.462 e. The van der Waals surface area contributed by atoms with Gasteiger partial charge in [0.05, 0.1) is 0 Å². The van der Waals surface area contributed by atoms with Crippen LogP contribution in [0.4, 0.5) is 0 Å². The van der Waals surface area contributed by atoms with Crippen LogP contribution in [0.25, 0.3) is 6.08 Å². The quantitative estimate of drug-likeness (QED) is 0.816. The van der Waals surface area contributed by atoms with Gasteiger partial charge in [-0.25, -0.2) is 0 Å². The Balaban J connectivity index is 1.83. The second-order valence-electron chi connectivity index (χ2n) is 4.91. The van der Waals surface area contributed by atoms with Gasteiger partial charge in [-0.2, -0.15) is 0 Å². The molecule has 1 amide bonds. The highest BCUT2D eigenvalue weighted by molar-refractivity contribution is 5.91. The van der Waals surface area contributed by atoms with Crippen molar-refractivity contribution in [3.8, 4) is 0 Å². The summed E-state index contributed by atoms with van der Waals surface area (Å²) in [5, 5.41) is 3.02. The van der Waals surface area contributed by atoms with Crippen molar-refractivity contribution in [1.29, 1.82) is 0 Å². The Morgan fingerprint density at radius 2 is 2.29 bits per heavy atom. The van der Waals surface area contributed by atoms with Crippen molar-refractivity contribution < 1.29 is 9.21 Å². The number of amides is 1. The van der Waals surface area contributed by atoms with Gasteiger partial charge in [-0.3, -0.25) is 4.79 Å². The molecule has 0 radical (unpaired) electrons. The summed E-state index contributed by atoms with van der Waals surface area (Å²) in [5.74, 6) is 2.28. The van der Waals surface area contributed by atoms with Crippen LogP contribution in [0.3, 0.4) is 0 Å². The first-order chi connectivity index (χ1) is 8.13. The fraction of sp³-hybridized carbons (Fsp3) is 0.500. The topological polar surface area (TPSA) is 42.2 Å². The number of furan rings is 1. The van der Waals surface area contributed by atoms with E-state index in [2.05, 4.69) is 12.2 Å². The molecule has 17 heavy (non-hydrogen) atoms. The molecule has 0 spiro atoms. The molecular formula is C14H19NO2. The van der Waals surface area contributed by atoms with Gasteiger partial charge in [0.15, 0.2) is 0 Å². The van der Waals surface area contributed by atoms with E-state index in [0.29, 0.717) is 6.04 Å². The molecule has 1 saturated carbocycles.